The number of aryl methyl sites for hydroxylation is 2. The molecular formula is C19H29NO3. The number of rotatable bonds is 5. The van der Waals surface area contributed by atoms with Crippen LogP contribution in [0.1, 0.15) is 36.0 Å². The molecule has 4 heteroatoms. The lowest BCUT2D eigenvalue weighted by molar-refractivity contribution is -0.0575. The summed E-state index contributed by atoms with van der Waals surface area (Å²) < 4.78 is 11.2. The van der Waals surface area contributed by atoms with Crippen LogP contribution in [-0.4, -0.2) is 50.2 Å². The molecule has 1 aromatic carbocycles. The van der Waals surface area contributed by atoms with Gasteiger partial charge >= 0.3 is 0 Å². The van der Waals surface area contributed by atoms with E-state index in [0.717, 1.165) is 45.4 Å². The highest BCUT2D eigenvalue weighted by atomic mass is 16.5. The summed E-state index contributed by atoms with van der Waals surface area (Å²) in [6.45, 7) is 7.98. The molecule has 0 radical (unpaired) electrons. The van der Waals surface area contributed by atoms with Crippen molar-refractivity contribution in [2.45, 2.75) is 51.7 Å². The molecule has 1 aromatic rings. The van der Waals surface area contributed by atoms with Crippen LogP contribution in [-0.2, 0) is 15.9 Å². The van der Waals surface area contributed by atoms with E-state index in [4.69, 9.17) is 9.47 Å². The average Bonchev–Trinajstić information content (AvgIpc) is 2.55. The van der Waals surface area contributed by atoms with E-state index in [-0.39, 0.29) is 6.10 Å². The van der Waals surface area contributed by atoms with E-state index >= 15 is 0 Å². The Labute approximate surface area is 139 Å². The lowest BCUT2D eigenvalue weighted by Gasteiger charge is -2.34. The number of hydrogen-bond donors (Lipinski definition) is 1. The van der Waals surface area contributed by atoms with Gasteiger partial charge < -0.3 is 19.5 Å². The van der Waals surface area contributed by atoms with Gasteiger partial charge in [-0.25, -0.2) is 0 Å². The summed E-state index contributed by atoms with van der Waals surface area (Å²) in [5.41, 5.74) is 5.41. The number of hydrogen-bond acceptors (Lipinski definition) is 4. The fourth-order valence-electron chi connectivity index (χ4n) is 3.74. The molecule has 1 N–H and O–H groups in total. The lowest BCUT2D eigenvalue weighted by atomic mass is 9.95. The third-order valence-corrected chi connectivity index (χ3v) is 4.91. The lowest BCUT2D eigenvalue weighted by Crippen LogP contribution is -2.39. The molecule has 0 amide bonds. The number of fused-ring (bicyclic) bond motifs is 1. The highest BCUT2D eigenvalue weighted by Crippen LogP contribution is 2.31. The smallest absolute Gasteiger partial charge is 0.0948 e. The summed E-state index contributed by atoms with van der Waals surface area (Å²) in [6, 6.07) is 4.51. The molecule has 0 aliphatic carbocycles. The van der Waals surface area contributed by atoms with Gasteiger partial charge in [0.2, 0.25) is 0 Å². The van der Waals surface area contributed by atoms with Gasteiger partial charge in [0.05, 0.1) is 18.8 Å². The Bertz CT molecular complexity index is 526. The fraction of sp³-hybridized carbons (Fsp3) is 0.684. The van der Waals surface area contributed by atoms with Crippen LogP contribution in [0.15, 0.2) is 12.1 Å². The van der Waals surface area contributed by atoms with E-state index in [1.165, 1.54) is 22.4 Å². The van der Waals surface area contributed by atoms with E-state index < -0.39 is 6.10 Å². The average molecular weight is 319 g/mol. The summed E-state index contributed by atoms with van der Waals surface area (Å²) in [7, 11) is 0. The minimum Gasteiger partial charge on any atom is -0.389 e. The number of nitrogens with zero attached hydrogens (tertiary/aromatic N) is 1. The van der Waals surface area contributed by atoms with Crippen LogP contribution in [0, 0.1) is 13.8 Å². The first-order valence-electron chi connectivity index (χ1n) is 8.86. The number of benzene rings is 1. The number of aliphatic hydroxyl groups is 1. The molecule has 1 fully saturated rings. The standard InChI is InChI=1S/C19H29NO3/c1-14-10-15(2)18-4-3-7-20(19(18)11-14)12-16(21)13-23-17-5-8-22-9-6-17/h10-11,16-17,21H,3-9,12-13H2,1-2H3. The molecule has 0 saturated carbocycles. The molecule has 2 aliphatic heterocycles. The van der Waals surface area contributed by atoms with Crippen LogP contribution < -0.4 is 4.90 Å². The van der Waals surface area contributed by atoms with E-state index in [2.05, 4.69) is 30.9 Å². The van der Waals surface area contributed by atoms with Crippen LogP contribution in [0.25, 0.3) is 0 Å². The van der Waals surface area contributed by atoms with Gasteiger partial charge in [-0.3, -0.25) is 0 Å². The predicted molar refractivity (Wildman–Crippen MR) is 92.2 cm³/mol. The maximum Gasteiger partial charge on any atom is 0.0948 e. The largest absolute Gasteiger partial charge is 0.389 e. The summed E-state index contributed by atoms with van der Waals surface area (Å²) in [5.74, 6) is 0. The van der Waals surface area contributed by atoms with Crippen LogP contribution in [0.5, 0.6) is 0 Å². The molecular weight excluding hydrogens is 290 g/mol. The number of anilines is 1. The normalized spacial score (nSPS) is 20.4. The van der Waals surface area contributed by atoms with E-state index in [1.807, 2.05) is 0 Å². The van der Waals surface area contributed by atoms with E-state index in [9.17, 15) is 5.11 Å². The maximum atomic E-state index is 10.4. The molecule has 4 nitrogen and oxygen atoms in total. The quantitative estimate of drug-likeness (QED) is 0.906. The zero-order chi connectivity index (χ0) is 16.2. The number of ether oxygens (including phenoxy) is 2. The van der Waals surface area contributed by atoms with Crippen molar-refractivity contribution in [1.82, 2.24) is 0 Å². The van der Waals surface area contributed by atoms with Crippen molar-refractivity contribution >= 4 is 5.69 Å². The first-order chi connectivity index (χ1) is 11.1. The monoisotopic (exact) mass is 319 g/mol. The zero-order valence-corrected chi connectivity index (χ0v) is 14.4. The first-order valence-corrected chi connectivity index (χ1v) is 8.86. The zero-order valence-electron chi connectivity index (χ0n) is 14.4. The molecule has 128 valence electrons. The Morgan fingerprint density at radius 3 is 2.87 bits per heavy atom. The summed E-state index contributed by atoms with van der Waals surface area (Å²) in [4.78, 5) is 2.33. The van der Waals surface area contributed by atoms with E-state index in [0.29, 0.717) is 13.2 Å². The molecule has 0 spiro atoms. The summed E-state index contributed by atoms with van der Waals surface area (Å²) >= 11 is 0. The SMILES string of the molecule is Cc1cc(C)c2c(c1)N(CC(O)COC1CCOCC1)CCC2. The summed E-state index contributed by atoms with van der Waals surface area (Å²) in [5, 5.41) is 10.4. The Morgan fingerprint density at radius 2 is 2.09 bits per heavy atom. The van der Waals surface area contributed by atoms with Gasteiger partial charge in [0.15, 0.2) is 0 Å². The Balaban J connectivity index is 1.58. The van der Waals surface area contributed by atoms with Gasteiger partial charge in [-0.2, -0.15) is 0 Å². The highest BCUT2D eigenvalue weighted by molar-refractivity contribution is 5.60. The number of β-amino-alcohol motifs (C(OH)–C–C–N with tert-alkyl or cyclic N) is 1. The van der Waals surface area contributed by atoms with Gasteiger partial charge in [-0.15, -0.1) is 0 Å². The molecule has 0 aromatic heterocycles. The van der Waals surface area contributed by atoms with Gasteiger partial charge in [-0.1, -0.05) is 6.07 Å². The third kappa shape index (κ3) is 4.25. The molecule has 2 heterocycles. The predicted octanol–water partition coefficient (Wildman–Crippen LogP) is 2.61. The van der Waals surface area contributed by atoms with Crippen molar-refractivity contribution in [3.8, 4) is 0 Å². The van der Waals surface area contributed by atoms with Crippen LogP contribution in [0.3, 0.4) is 0 Å². The van der Waals surface area contributed by atoms with Gasteiger partial charge in [0, 0.05) is 32.0 Å². The molecule has 2 aliphatic rings. The van der Waals surface area contributed by atoms with Crippen molar-refractivity contribution in [3.05, 3.63) is 28.8 Å². The van der Waals surface area contributed by atoms with Crippen molar-refractivity contribution in [3.63, 3.8) is 0 Å². The molecule has 1 saturated heterocycles. The second-order valence-electron chi connectivity index (χ2n) is 6.93. The van der Waals surface area contributed by atoms with Crippen LogP contribution in [0.2, 0.25) is 0 Å². The van der Waals surface area contributed by atoms with Crippen LogP contribution >= 0.6 is 0 Å². The second kappa shape index (κ2) is 7.65. The molecule has 0 bridgehead atoms. The van der Waals surface area contributed by atoms with Gasteiger partial charge in [0.1, 0.15) is 0 Å². The Hall–Kier alpha value is -1.10. The van der Waals surface area contributed by atoms with Gasteiger partial charge in [0.25, 0.3) is 0 Å². The van der Waals surface area contributed by atoms with Crippen LogP contribution in [0.4, 0.5) is 5.69 Å². The minimum atomic E-state index is -0.440. The molecule has 23 heavy (non-hydrogen) atoms. The fourth-order valence-corrected chi connectivity index (χ4v) is 3.74. The maximum absolute atomic E-state index is 10.4. The van der Waals surface area contributed by atoms with Gasteiger partial charge in [-0.05, 0) is 62.3 Å². The summed E-state index contributed by atoms with van der Waals surface area (Å²) in [6.07, 6.45) is 3.99. The van der Waals surface area contributed by atoms with Crippen molar-refractivity contribution < 1.29 is 14.6 Å². The van der Waals surface area contributed by atoms with Crippen molar-refractivity contribution in [1.29, 1.82) is 0 Å². The second-order valence-corrected chi connectivity index (χ2v) is 6.93. The van der Waals surface area contributed by atoms with Crippen molar-refractivity contribution in [2.24, 2.45) is 0 Å². The molecule has 3 rings (SSSR count). The Morgan fingerprint density at radius 1 is 1.30 bits per heavy atom. The van der Waals surface area contributed by atoms with E-state index in [1.54, 1.807) is 0 Å². The van der Waals surface area contributed by atoms with Crippen molar-refractivity contribution in [2.75, 3.05) is 37.8 Å². The highest BCUT2D eigenvalue weighted by Gasteiger charge is 2.22. The third-order valence-electron chi connectivity index (χ3n) is 4.91. The minimum absolute atomic E-state index is 0.247. The molecule has 1 unspecified atom stereocenters. The first kappa shape index (κ1) is 16.7. The Kier molecular flexibility index (Phi) is 5.57. The molecule has 1 atom stereocenters. The topological polar surface area (TPSA) is 41.9 Å². The number of aliphatic hydroxyl groups excluding tert-OH is 1.